The van der Waals surface area contributed by atoms with Gasteiger partial charge in [-0.05, 0) is 18.3 Å². The number of nitrogens with one attached hydrogen (secondary N) is 2. The van der Waals surface area contributed by atoms with Gasteiger partial charge in [-0.3, -0.25) is 0 Å². The molecule has 0 spiro atoms. The largest absolute Gasteiger partial charge is 0.632 e. The van der Waals surface area contributed by atoms with E-state index in [-0.39, 0.29) is 17.0 Å². The third-order valence-electron chi connectivity index (χ3n) is 3.46. The van der Waals surface area contributed by atoms with Gasteiger partial charge < -0.3 is 25.8 Å². The van der Waals surface area contributed by atoms with E-state index in [2.05, 4.69) is 19.2 Å². The molecule has 1 aliphatic rings. The number of aliphatic hydroxyl groups is 2. The topological polar surface area (TPSA) is 80.0 Å². The summed E-state index contributed by atoms with van der Waals surface area (Å²) >= 11 is 0. The molecule has 0 bridgehead atoms. The van der Waals surface area contributed by atoms with Crippen LogP contribution in [0.4, 0.5) is 0 Å². The van der Waals surface area contributed by atoms with Crippen LogP contribution in [0.2, 0.25) is 0 Å². The summed E-state index contributed by atoms with van der Waals surface area (Å²) < 4.78 is 0. The molecule has 1 saturated heterocycles. The van der Waals surface area contributed by atoms with Crippen molar-refractivity contribution in [3.8, 4) is 0 Å². The van der Waals surface area contributed by atoms with Crippen LogP contribution in [0, 0.1) is 17.0 Å². The monoisotopic (exact) mass is 246 g/mol. The molecule has 0 radical (unpaired) electrons. The highest BCUT2D eigenvalue weighted by atomic mass is 16.5. The SMILES string of the molecule is CC(C)CC1NCC([C@@H](O)C(C)C)[NH+]([O-])C1O. The first-order valence-corrected chi connectivity index (χ1v) is 6.47. The van der Waals surface area contributed by atoms with E-state index in [4.69, 9.17) is 0 Å². The van der Waals surface area contributed by atoms with Crippen molar-refractivity contribution in [1.29, 1.82) is 0 Å². The number of hydrogen-bond donors (Lipinski definition) is 4. The number of hydroxylamine groups is 2. The molecule has 17 heavy (non-hydrogen) atoms. The van der Waals surface area contributed by atoms with Gasteiger partial charge in [-0.1, -0.05) is 27.7 Å². The van der Waals surface area contributed by atoms with Crippen LogP contribution in [0.25, 0.3) is 0 Å². The van der Waals surface area contributed by atoms with E-state index in [1.165, 1.54) is 0 Å². The van der Waals surface area contributed by atoms with Crippen LogP contribution in [0.15, 0.2) is 0 Å². The molecule has 4 N–H and O–H groups in total. The number of aliphatic hydroxyl groups excluding tert-OH is 2. The molecule has 4 unspecified atom stereocenters. The fourth-order valence-electron chi connectivity index (χ4n) is 2.38. The molecule has 1 rings (SSSR count). The fourth-order valence-corrected chi connectivity index (χ4v) is 2.38. The Hall–Kier alpha value is -0.200. The molecule has 0 aromatic carbocycles. The number of hydrogen-bond acceptors (Lipinski definition) is 4. The molecule has 102 valence electrons. The third kappa shape index (κ3) is 3.63. The molecule has 5 nitrogen and oxygen atoms in total. The van der Waals surface area contributed by atoms with Gasteiger partial charge in [-0.25, -0.2) is 0 Å². The normalized spacial score (nSPS) is 36.5. The highest BCUT2D eigenvalue weighted by molar-refractivity contribution is 4.83. The first-order valence-electron chi connectivity index (χ1n) is 6.47. The lowest BCUT2D eigenvalue weighted by Crippen LogP contribution is -3.20. The van der Waals surface area contributed by atoms with Gasteiger partial charge in [0.15, 0.2) is 0 Å². The van der Waals surface area contributed by atoms with Crippen LogP contribution in [0.5, 0.6) is 0 Å². The van der Waals surface area contributed by atoms with Crippen molar-refractivity contribution in [2.45, 2.75) is 58.5 Å². The minimum absolute atomic E-state index is 0.0274. The molecule has 1 fully saturated rings. The minimum Gasteiger partial charge on any atom is -0.632 e. The van der Waals surface area contributed by atoms with Gasteiger partial charge in [0.2, 0.25) is 6.23 Å². The fraction of sp³-hybridized carbons (Fsp3) is 1.00. The van der Waals surface area contributed by atoms with E-state index in [1.54, 1.807) is 0 Å². The molecular weight excluding hydrogens is 220 g/mol. The highest BCUT2D eigenvalue weighted by Gasteiger charge is 2.39. The second-order valence-electron chi connectivity index (χ2n) is 5.83. The Balaban J connectivity index is 2.62. The first-order chi connectivity index (χ1) is 7.84. The van der Waals surface area contributed by atoms with Gasteiger partial charge in [-0.15, -0.1) is 0 Å². The van der Waals surface area contributed by atoms with Crippen molar-refractivity contribution in [3.63, 3.8) is 0 Å². The Morgan fingerprint density at radius 3 is 2.41 bits per heavy atom. The van der Waals surface area contributed by atoms with Gasteiger partial charge in [0.1, 0.15) is 12.1 Å². The molecule has 0 saturated carbocycles. The molecule has 0 amide bonds. The average Bonchev–Trinajstić information content (AvgIpc) is 2.23. The Labute approximate surface area is 103 Å². The lowest BCUT2D eigenvalue weighted by Gasteiger charge is -2.46. The smallest absolute Gasteiger partial charge is 0.204 e. The summed E-state index contributed by atoms with van der Waals surface area (Å²) in [5.74, 6) is 0.459. The van der Waals surface area contributed by atoms with Crippen molar-refractivity contribution >= 4 is 0 Å². The predicted molar refractivity (Wildman–Crippen MR) is 66.2 cm³/mol. The summed E-state index contributed by atoms with van der Waals surface area (Å²) in [5.41, 5.74) is 0. The lowest BCUT2D eigenvalue weighted by atomic mass is 9.94. The van der Waals surface area contributed by atoms with Gasteiger partial charge in [0, 0.05) is 0 Å². The van der Waals surface area contributed by atoms with Crippen molar-refractivity contribution in [2.75, 3.05) is 6.54 Å². The zero-order valence-corrected chi connectivity index (χ0v) is 11.2. The van der Waals surface area contributed by atoms with E-state index in [0.717, 1.165) is 6.42 Å². The van der Waals surface area contributed by atoms with E-state index < -0.39 is 18.4 Å². The Morgan fingerprint density at radius 2 is 1.94 bits per heavy atom. The van der Waals surface area contributed by atoms with E-state index in [0.29, 0.717) is 12.5 Å². The zero-order valence-electron chi connectivity index (χ0n) is 11.2. The first kappa shape index (κ1) is 14.9. The molecule has 0 aromatic heterocycles. The Bertz CT molecular complexity index is 236. The molecule has 0 aromatic rings. The number of rotatable bonds is 4. The third-order valence-corrected chi connectivity index (χ3v) is 3.46. The Morgan fingerprint density at radius 1 is 1.35 bits per heavy atom. The van der Waals surface area contributed by atoms with Gasteiger partial charge in [0.25, 0.3) is 0 Å². The predicted octanol–water partition coefficient (Wildman–Crippen LogP) is -0.909. The lowest BCUT2D eigenvalue weighted by molar-refractivity contribution is -0.935. The summed E-state index contributed by atoms with van der Waals surface area (Å²) in [6, 6.07) is -0.647. The molecular formula is C12H26N2O3. The summed E-state index contributed by atoms with van der Waals surface area (Å²) in [6.07, 6.45) is -0.883. The summed E-state index contributed by atoms with van der Waals surface area (Å²) in [4.78, 5) is 0. The molecule has 5 atom stereocenters. The zero-order chi connectivity index (χ0) is 13.2. The average molecular weight is 246 g/mol. The second kappa shape index (κ2) is 6.11. The molecule has 0 aliphatic carbocycles. The maximum atomic E-state index is 12.0. The molecule has 5 heteroatoms. The van der Waals surface area contributed by atoms with Crippen molar-refractivity contribution in [2.24, 2.45) is 11.8 Å². The van der Waals surface area contributed by atoms with Crippen molar-refractivity contribution < 1.29 is 15.3 Å². The van der Waals surface area contributed by atoms with E-state index in [1.807, 2.05) is 13.8 Å². The van der Waals surface area contributed by atoms with Crippen LogP contribution in [0.1, 0.15) is 34.1 Å². The van der Waals surface area contributed by atoms with Gasteiger partial charge in [0.05, 0.1) is 12.6 Å². The van der Waals surface area contributed by atoms with Crippen molar-refractivity contribution in [3.05, 3.63) is 5.21 Å². The molecule has 1 heterocycles. The van der Waals surface area contributed by atoms with E-state index in [9.17, 15) is 15.4 Å². The summed E-state index contributed by atoms with van der Waals surface area (Å²) in [5, 5.41) is 34.9. The molecule has 1 aliphatic heterocycles. The Kier molecular flexibility index (Phi) is 5.34. The van der Waals surface area contributed by atoms with E-state index >= 15 is 0 Å². The maximum Gasteiger partial charge on any atom is 0.204 e. The quantitative estimate of drug-likeness (QED) is 0.484. The minimum atomic E-state index is -0.982. The highest BCUT2D eigenvalue weighted by Crippen LogP contribution is 2.11. The summed E-state index contributed by atoms with van der Waals surface area (Å²) in [7, 11) is 0. The summed E-state index contributed by atoms with van der Waals surface area (Å²) in [6.45, 7) is 8.35. The second-order valence-corrected chi connectivity index (χ2v) is 5.83. The van der Waals surface area contributed by atoms with Gasteiger partial charge >= 0.3 is 0 Å². The van der Waals surface area contributed by atoms with Gasteiger partial charge in [-0.2, -0.15) is 0 Å². The van der Waals surface area contributed by atoms with Crippen LogP contribution >= 0.6 is 0 Å². The van der Waals surface area contributed by atoms with Crippen LogP contribution in [0.3, 0.4) is 0 Å². The van der Waals surface area contributed by atoms with Crippen LogP contribution < -0.4 is 10.4 Å². The van der Waals surface area contributed by atoms with Crippen molar-refractivity contribution in [1.82, 2.24) is 5.32 Å². The van der Waals surface area contributed by atoms with Crippen LogP contribution in [-0.4, -0.2) is 41.2 Å². The number of piperazine rings is 1. The van der Waals surface area contributed by atoms with Crippen LogP contribution in [-0.2, 0) is 0 Å². The number of quaternary nitrogens is 1. The maximum absolute atomic E-state index is 12.0. The standard InChI is InChI=1S/C12H26N2O3/c1-7(2)5-9-12(16)14(17)10(6-13-9)11(15)8(3)4/h7-16H,5-6H2,1-4H3/t9?,10?,11-,12?/m0/s1.